The normalized spacial score (nSPS) is 12.9. The highest BCUT2D eigenvalue weighted by Gasteiger charge is 2.20. The third kappa shape index (κ3) is 5.00. The molecule has 0 aliphatic heterocycles. The summed E-state index contributed by atoms with van der Waals surface area (Å²) in [6, 6.07) is 4.27. The van der Waals surface area contributed by atoms with Crippen LogP contribution >= 0.6 is 11.6 Å². The molecule has 0 bridgehead atoms. The first-order valence-corrected chi connectivity index (χ1v) is 6.93. The fraction of sp³-hybridized carbons (Fsp3) is 0.533. The number of nitrogens with one attached hydrogen (secondary N) is 1. The molecule has 0 aromatic heterocycles. The minimum absolute atomic E-state index is 0.0762. The third-order valence-electron chi connectivity index (χ3n) is 2.74. The van der Waals surface area contributed by atoms with Gasteiger partial charge in [-0.3, -0.25) is 4.79 Å². The maximum absolute atomic E-state index is 13.7. The monoisotopic (exact) mass is 301 g/mol. The van der Waals surface area contributed by atoms with E-state index in [1.165, 1.54) is 19.2 Å². The van der Waals surface area contributed by atoms with Crippen molar-refractivity contribution in [3.63, 3.8) is 0 Å². The van der Waals surface area contributed by atoms with Crippen LogP contribution in [0.15, 0.2) is 18.2 Å². The number of benzene rings is 1. The first kappa shape index (κ1) is 16.8. The van der Waals surface area contributed by atoms with Crippen molar-refractivity contribution in [3.8, 4) is 5.75 Å². The largest absolute Gasteiger partial charge is 0.496 e. The van der Waals surface area contributed by atoms with Crippen molar-refractivity contribution in [2.75, 3.05) is 13.7 Å². The van der Waals surface area contributed by atoms with Gasteiger partial charge < -0.3 is 10.1 Å². The van der Waals surface area contributed by atoms with E-state index in [4.69, 9.17) is 16.3 Å². The van der Waals surface area contributed by atoms with Crippen LogP contribution in [0.25, 0.3) is 0 Å². The van der Waals surface area contributed by atoms with Gasteiger partial charge in [-0.05, 0) is 24.0 Å². The van der Waals surface area contributed by atoms with Crippen molar-refractivity contribution in [1.29, 1.82) is 0 Å². The number of methoxy groups -OCH3 is 1. The van der Waals surface area contributed by atoms with Crippen molar-refractivity contribution in [1.82, 2.24) is 5.32 Å². The van der Waals surface area contributed by atoms with E-state index < -0.39 is 11.7 Å². The van der Waals surface area contributed by atoms with Gasteiger partial charge in [0.25, 0.3) is 5.91 Å². The lowest BCUT2D eigenvalue weighted by atomic mass is 9.90. The van der Waals surface area contributed by atoms with E-state index >= 15 is 0 Å². The van der Waals surface area contributed by atoms with Crippen LogP contribution < -0.4 is 10.1 Å². The average molecular weight is 302 g/mol. The summed E-state index contributed by atoms with van der Waals surface area (Å²) < 4.78 is 18.7. The third-order valence-corrected chi connectivity index (χ3v) is 3.05. The quantitative estimate of drug-likeness (QED) is 0.844. The second kappa shape index (κ2) is 6.93. The highest BCUT2D eigenvalue weighted by atomic mass is 35.5. The Bertz CT molecular complexity index is 471. The first-order chi connectivity index (χ1) is 9.24. The van der Waals surface area contributed by atoms with Crippen LogP contribution in [0.2, 0.25) is 0 Å². The lowest BCUT2D eigenvalue weighted by Gasteiger charge is -2.22. The van der Waals surface area contributed by atoms with Gasteiger partial charge in [-0.2, -0.15) is 0 Å². The SMILES string of the molecule is COc1cccc(F)c1C(=O)NCC(Cl)CC(C)(C)C. The van der Waals surface area contributed by atoms with E-state index in [1.54, 1.807) is 6.07 Å². The van der Waals surface area contributed by atoms with Gasteiger partial charge in [-0.25, -0.2) is 4.39 Å². The molecule has 0 radical (unpaired) electrons. The molecule has 3 nitrogen and oxygen atoms in total. The molecule has 1 unspecified atom stereocenters. The summed E-state index contributed by atoms with van der Waals surface area (Å²) in [5.41, 5.74) is -0.0121. The van der Waals surface area contributed by atoms with Crippen LogP contribution in [0.5, 0.6) is 5.75 Å². The molecule has 0 saturated carbocycles. The van der Waals surface area contributed by atoms with Crippen molar-refractivity contribution >= 4 is 17.5 Å². The number of halogens is 2. The molecule has 1 aromatic carbocycles. The number of amides is 1. The van der Waals surface area contributed by atoms with Crippen LogP contribution in [0.4, 0.5) is 4.39 Å². The molecule has 0 aliphatic rings. The summed E-state index contributed by atoms with van der Waals surface area (Å²) in [5.74, 6) is -0.909. The molecule has 1 aromatic rings. The number of carbonyl (C=O) groups is 1. The van der Waals surface area contributed by atoms with E-state index in [-0.39, 0.29) is 28.6 Å². The van der Waals surface area contributed by atoms with Crippen LogP contribution in [-0.2, 0) is 0 Å². The van der Waals surface area contributed by atoms with Gasteiger partial charge >= 0.3 is 0 Å². The Hall–Kier alpha value is -1.29. The summed E-state index contributed by atoms with van der Waals surface area (Å²) in [6.07, 6.45) is 0.753. The average Bonchev–Trinajstić information content (AvgIpc) is 2.33. The molecular formula is C15H21ClFNO2. The van der Waals surface area contributed by atoms with Crippen molar-refractivity contribution in [2.45, 2.75) is 32.6 Å². The smallest absolute Gasteiger partial charge is 0.258 e. The molecule has 1 atom stereocenters. The molecule has 0 fully saturated rings. The molecule has 20 heavy (non-hydrogen) atoms. The summed E-state index contributed by atoms with van der Waals surface area (Å²) in [7, 11) is 1.40. The molecule has 0 aliphatic carbocycles. The fourth-order valence-electron chi connectivity index (χ4n) is 1.92. The molecular weight excluding hydrogens is 281 g/mol. The minimum atomic E-state index is -0.608. The van der Waals surface area contributed by atoms with Crippen LogP contribution in [-0.4, -0.2) is 24.9 Å². The van der Waals surface area contributed by atoms with Gasteiger partial charge in [0.1, 0.15) is 17.1 Å². The highest BCUT2D eigenvalue weighted by molar-refractivity contribution is 6.21. The molecule has 1 amide bonds. The van der Waals surface area contributed by atoms with Gasteiger partial charge in [0, 0.05) is 6.54 Å². The van der Waals surface area contributed by atoms with E-state index in [0.29, 0.717) is 0 Å². The van der Waals surface area contributed by atoms with E-state index in [9.17, 15) is 9.18 Å². The molecule has 0 saturated heterocycles. The van der Waals surface area contributed by atoms with Crippen molar-refractivity contribution in [3.05, 3.63) is 29.6 Å². The van der Waals surface area contributed by atoms with Gasteiger partial charge in [-0.15, -0.1) is 11.6 Å². The second-order valence-electron chi connectivity index (χ2n) is 5.89. The summed E-state index contributed by atoms with van der Waals surface area (Å²) >= 11 is 6.17. The lowest BCUT2D eigenvalue weighted by Crippen LogP contribution is -2.32. The van der Waals surface area contributed by atoms with Crippen molar-refractivity contribution < 1.29 is 13.9 Å². The molecule has 1 rings (SSSR count). The molecule has 5 heteroatoms. The maximum atomic E-state index is 13.7. The van der Waals surface area contributed by atoms with E-state index in [1.807, 2.05) is 0 Å². The van der Waals surface area contributed by atoms with Gasteiger partial charge in [-0.1, -0.05) is 26.8 Å². The Morgan fingerprint density at radius 1 is 1.45 bits per heavy atom. The Morgan fingerprint density at radius 3 is 2.65 bits per heavy atom. The topological polar surface area (TPSA) is 38.3 Å². The van der Waals surface area contributed by atoms with E-state index in [2.05, 4.69) is 26.1 Å². The summed E-state index contributed by atoms with van der Waals surface area (Å²) in [6.45, 7) is 6.51. The predicted octanol–water partition coefficient (Wildman–Crippen LogP) is 3.61. The van der Waals surface area contributed by atoms with Gasteiger partial charge in [0.05, 0.1) is 12.5 Å². The van der Waals surface area contributed by atoms with Gasteiger partial charge in [0.15, 0.2) is 0 Å². The Morgan fingerprint density at radius 2 is 2.10 bits per heavy atom. The molecule has 0 spiro atoms. The first-order valence-electron chi connectivity index (χ1n) is 6.49. The zero-order valence-corrected chi connectivity index (χ0v) is 13.1. The van der Waals surface area contributed by atoms with Crippen LogP contribution in [0, 0.1) is 11.2 Å². The Balaban J connectivity index is 2.68. The minimum Gasteiger partial charge on any atom is -0.496 e. The van der Waals surface area contributed by atoms with E-state index in [0.717, 1.165) is 6.42 Å². The Kier molecular flexibility index (Phi) is 5.81. The fourth-order valence-corrected chi connectivity index (χ4v) is 2.46. The second-order valence-corrected chi connectivity index (χ2v) is 6.51. The highest BCUT2D eigenvalue weighted by Crippen LogP contribution is 2.24. The summed E-state index contributed by atoms with van der Waals surface area (Å²) in [5, 5.41) is 2.45. The molecule has 112 valence electrons. The zero-order chi connectivity index (χ0) is 15.3. The number of carbonyl (C=O) groups excluding carboxylic acids is 1. The lowest BCUT2D eigenvalue weighted by molar-refractivity contribution is 0.0944. The number of hydrogen-bond donors (Lipinski definition) is 1. The number of rotatable bonds is 5. The zero-order valence-electron chi connectivity index (χ0n) is 12.3. The standard InChI is InChI=1S/C15H21ClFNO2/c1-15(2,3)8-10(16)9-18-14(19)13-11(17)6-5-7-12(13)20-4/h5-7,10H,8-9H2,1-4H3,(H,18,19). The number of ether oxygens (including phenoxy) is 1. The number of alkyl halides is 1. The number of hydrogen-bond acceptors (Lipinski definition) is 2. The maximum Gasteiger partial charge on any atom is 0.258 e. The van der Waals surface area contributed by atoms with Gasteiger partial charge in [0.2, 0.25) is 0 Å². The van der Waals surface area contributed by atoms with Crippen LogP contribution in [0.1, 0.15) is 37.6 Å². The van der Waals surface area contributed by atoms with Crippen LogP contribution in [0.3, 0.4) is 0 Å². The molecule has 1 N–H and O–H groups in total. The Labute approximate surface area is 124 Å². The predicted molar refractivity (Wildman–Crippen MR) is 79.0 cm³/mol. The van der Waals surface area contributed by atoms with Crippen molar-refractivity contribution in [2.24, 2.45) is 5.41 Å². The summed E-state index contributed by atoms with van der Waals surface area (Å²) in [4.78, 5) is 12.0. The molecule has 0 heterocycles.